The number of primary amides is 1. The number of carbonyl (C=O) groups is 1. The number of benzene rings is 1. The number of hydrogen-bond acceptors (Lipinski definition) is 4. The molecule has 17 heavy (non-hydrogen) atoms. The van der Waals surface area contributed by atoms with Gasteiger partial charge in [-0.05, 0) is 25.1 Å². The van der Waals surface area contributed by atoms with Crippen LogP contribution in [0.1, 0.15) is 16.1 Å². The maximum Gasteiger partial charge on any atom is 0.248 e. The van der Waals surface area contributed by atoms with Crippen LogP contribution in [0.15, 0.2) is 24.3 Å². The summed E-state index contributed by atoms with van der Waals surface area (Å²) in [6.45, 7) is 1.86. The van der Waals surface area contributed by atoms with Crippen molar-refractivity contribution in [2.24, 2.45) is 5.73 Å². The Balaban J connectivity index is 2.25. The van der Waals surface area contributed by atoms with Crippen molar-refractivity contribution in [1.82, 2.24) is 10.2 Å². The van der Waals surface area contributed by atoms with Crippen molar-refractivity contribution < 1.29 is 9.53 Å². The molecule has 0 aliphatic heterocycles. The summed E-state index contributed by atoms with van der Waals surface area (Å²) in [5, 5.41) is 6.66. The number of nitrogen functional groups attached to an aromatic ring is 1. The van der Waals surface area contributed by atoms with Crippen LogP contribution in [0.5, 0.6) is 11.6 Å². The first-order chi connectivity index (χ1) is 8.06. The van der Waals surface area contributed by atoms with Crippen LogP contribution in [-0.4, -0.2) is 16.1 Å². The van der Waals surface area contributed by atoms with Crippen LogP contribution >= 0.6 is 0 Å². The second-order valence-corrected chi connectivity index (χ2v) is 3.61. The molecule has 1 heterocycles. The Morgan fingerprint density at radius 2 is 2.18 bits per heavy atom. The van der Waals surface area contributed by atoms with E-state index in [0.29, 0.717) is 22.9 Å². The number of aromatic nitrogens is 2. The molecular formula is C11H12N4O2. The van der Waals surface area contributed by atoms with Crippen LogP contribution in [0.25, 0.3) is 0 Å². The first-order valence-electron chi connectivity index (χ1n) is 4.95. The van der Waals surface area contributed by atoms with Gasteiger partial charge < -0.3 is 16.2 Å². The maximum absolute atomic E-state index is 10.9. The van der Waals surface area contributed by atoms with E-state index in [0.717, 1.165) is 5.69 Å². The molecule has 1 amide bonds. The Hall–Kier alpha value is -2.50. The normalized spacial score (nSPS) is 10.2. The number of aryl methyl sites for hydroxylation is 1. The van der Waals surface area contributed by atoms with Gasteiger partial charge in [-0.2, -0.15) is 0 Å². The van der Waals surface area contributed by atoms with Gasteiger partial charge in [-0.25, -0.2) is 0 Å². The number of aromatic amines is 1. The maximum atomic E-state index is 10.9. The van der Waals surface area contributed by atoms with Crippen molar-refractivity contribution in [3.63, 3.8) is 0 Å². The lowest BCUT2D eigenvalue weighted by Crippen LogP contribution is -2.11. The molecule has 5 N–H and O–H groups in total. The second kappa shape index (κ2) is 4.17. The number of amides is 1. The van der Waals surface area contributed by atoms with Crippen LogP contribution in [0.2, 0.25) is 0 Å². The van der Waals surface area contributed by atoms with E-state index in [2.05, 4.69) is 10.2 Å². The summed E-state index contributed by atoms with van der Waals surface area (Å²) in [6.07, 6.45) is 0. The Labute approximate surface area is 97.6 Å². The highest BCUT2D eigenvalue weighted by Crippen LogP contribution is 2.27. The van der Waals surface area contributed by atoms with Gasteiger partial charge in [0.2, 0.25) is 11.8 Å². The van der Waals surface area contributed by atoms with Crippen LogP contribution in [0, 0.1) is 6.92 Å². The summed E-state index contributed by atoms with van der Waals surface area (Å²) in [4.78, 5) is 10.9. The average molecular weight is 232 g/mol. The minimum absolute atomic E-state index is 0.335. The number of ether oxygens (including phenoxy) is 1. The molecule has 0 aliphatic rings. The topological polar surface area (TPSA) is 107 Å². The predicted octanol–water partition coefficient (Wildman–Crippen LogP) is 1.19. The number of nitrogens with one attached hydrogen (secondary N) is 1. The highest BCUT2D eigenvalue weighted by atomic mass is 16.5. The third kappa shape index (κ3) is 2.36. The quantitative estimate of drug-likeness (QED) is 0.691. The van der Waals surface area contributed by atoms with Crippen molar-refractivity contribution in [3.05, 3.63) is 35.5 Å². The number of carbonyl (C=O) groups excluding carboxylic acids is 1. The van der Waals surface area contributed by atoms with Crippen LogP contribution in [0.3, 0.4) is 0 Å². The molecule has 0 unspecified atom stereocenters. The Kier molecular flexibility index (Phi) is 2.70. The number of rotatable bonds is 3. The van der Waals surface area contributed by atoms with Crippen molar-refractivity contribution in [2.45, 2.75) is 6.92 Å². The number of anilines is 1. The molecule has 6 nitrogen and oxygen atoms in total. The van der Waals surface area contributed by atoms with Gasteiger partial charge in [-0.3, -0.25) is 9.89 Å². The fourth-order valence-electron chi connectivity index (χ4n) is 1.35. The van der Waals surface area contributed by atoms with Crippen molar-refractivity contribution >= 4 is 11.6 Å². The van der Waals surface area contributed by atoms with Gasteiger partial charge in [0.25, 0.3) is 0 Å². The van der Waals surface area contributed by atoms with E-state index in [9.17, 15) is 4.79 Å². The van der Waals surface area contributed by atoms with Crippen molar-refractivity contribution in [1.29, 1.82) is 0 Å². The molecule has 1 aromatic carbocycles. The number of nitrogens with zero attached hydrogens (tertiary/aromatic N) is 1. The first-order valence-corrected chi connectivity index (χ1v) is 4.95. The third-order valence-electron chi connectivity index (χ3n) is 2.19. The SMILES string of the molecule is Cc1cc(Oc2ccc(C(N)=O)cc2N)n[nH]1. The van der Waals surface area contributed by atoms with Crippen molar-refractivity contribution in [3.8, 4) is 11.6 Å². The Bertz CT molecular complexity index is 562. The predicted molar refractivity (Wildman–Crippen MR) is 62.8 cm³/mol. The summed E-state index contributed by atoms with van der Waals surface area (Å²) in [7, 11) is 0. The summed E-state index contributed by atoms with van der Waals surface area (Å²) < 4.78 is 5.45. The van der Waals surface area contributed by atoms with E-state index in [1.165, 1.54) is 6.07 Å². The van der Waals surface area contributed by atoms with Gasteiger partial charge >= 0.3 is 0 Å². The summed E-state index contributed by atoms with van der Waals surface area (Å²) >= 11 is 0. The van der Waals surface area contributed by atoms with Gasteiger partial charge in [0.15, 0.2) is 5.75 Å². The molecule has 0 aliphatic carbocycles. The highest BCUT2D eigenvalue weighted by Gasteiger charge is 2.08. The van der Waals surface area contributed by atoms with E-state index in [4.69, 9.17) is 16.2 Å². The van der Waals surface area contributed by atoms with E-state index in [1.807, 2.05) is 6.92 Å². The monoisotopic (exact) mass is 232 g/mol. The molecule has 0 bridgehead atoms. The smallest absolute Gasteiger partial charge is 0.248 e. The van der Waals surface area contributed by atoms with Gasteiger partial charge in [-0.1, -0.05) is 0 Å². The lowest BCUT2D eigenvalue weighted by Gasteiger charge is -2.06. The zero-order chi connectivity index (χ0) is 12.4. The van der Waals surface area contributed by atoms with Crippen LogP contribution in [-0.2, 0) is 0 Å². The molecule has 0 atom stereocenters. The fraction of sp³-hybridized carbons (Fsp3) is 0.0909. The van der Waals surface area contributed by atoms with Crippen LogP contribution < -0.4 is 16.2 Å². The van der Waals surface area contributed by atoms with Gasteiger partial charge in [0.05, 0.1) is 5.69 Å². The Morgan fingerprint density at radius 1 is 1.41 bits per heavy atom. The highest BCUT2D eigenvalue weighted by molar-refractivity contribution is 5.94. The van der Waals surface area contributed by atoms with E-state index in [-0.39, 0.29) is 0 Å². The second-order valence-electron chi connectivity index (χ2n) is 3.61. The fourth-order valence-corrected chi connectivity index (χ4v) is 1.35. The van der Waals surface area contributed by atoms with E-state index < -0.39 is 5.91 Å². The molecule has 1 aromatic heterocycles. The first kappa shape index (κ1) is 11.0. The van der Waals surface area contributed by atoms with Gasteiger partial charge in [0.1, 0.15) is 0 Å². The Morgan fingerprint density at radius 3 is 2.71 bits per heavy atom. The summed E-state index contributed by atoms with van der Waals surface area (Å²) in [6, 6.07) is 6.34. The molecule has 0 fully saturated rings. The lowest BCUT2D eigenvalue weighted by molar-refractivity contribution is 0.100. The molecule has 0 saturated carbocycles. The summed E-state index contributed by atoms with van der Waals surface area (Å²) in [5.41, 5.74) is 12.4. The molecule has 2 rings (SSSR count). The van der Waals surface area contributed by atoms with Crippen molar-refractivity contribution in [2.75, 3.05) is 5.73 Å². The number of H-pyrrole nitrogens is 1. The minimum Gasteiger partial charge on any atom is -0.435 e. The molecular weight excluding hydrogens is 220 g/mol. The molecule has 0 spiro atoms. The van der Waals surface area contributed by atoms with Crippen LogP contribution in [0.4, 0.5) is 5.69 Å². The summed E-state index contributed by atoms with van der Waals surface area (Å²) in [5.74, 6) is 0.321. The molecule has 0 saturated heterocycles. The third-order valence-corrected chi connectivity index (χ3v) is 2.19. The van der Waals surface area contributed by atoms with E-state index >= 15 is 0 Å². The standard InChI is InChI=1S/C11H12N4O2/c1-6-4-10(15-14-6)17-9-3-2-7(11(13)16)5-8(9)12/h2-5H,12H2,1H3,(H2,13,16)(H,14,15). The number of hydrogen-bond donors (Lipinski definition) is 3. The lowest BCUT2D eigenvalue weighted by atomic mass is 10.2. The van der Waals surface area contributed by atoms with Gasteiger partial charge in [0, 0.05) is 17.3 Å². The zero-order valence-corrected chi connectivity index (χ0v) is 9.23. The zero-order valence-electron chi connectivity index (χ0n) is 9.23. The molecule has 6 heteroatoms. The largest absolute Gasteiger partial charge is 0.435 e. The molecule has 0 radical (unpaired) electrons. The molecule has 88 valence electrons. The van der Waals surface area contributed by atoms with Gasteiger partial charge in [-0.15, -0.1) is 5.10 Å². The number of nitrogens with two attached hydrogens (primary N) is 2. The average Bonchev–Trinajstić information content (AvgIpc) is 2.67. The molecule has 2 aromatic rings. The van der Waals surface area contributed by atoms with E-state index in [1.54, 1.807) is 18.2 Å². The minimum atomic E-state index is -0.529.